The molecule has 0 bridgehead atoms. The fourth-order valence-electron chi connectivity index (χ4n) is 3.33. The second-order valence-electron chi connectivity index (χ2n) is 6.52. The Balaban J connectivity index is 1.66. The molecule has 0 aliphatic rings. The summed E-state index contributed by atoms with van der Waals surface area (Å²) in [6, 6.07) is 17.8. The van der Waals surface area contributed by atoms with Gasteiger partial charge in [-0.1, -0.05) is 18.2 Å². The van der Waals surface area contributed by atoms with Crippen LogP contribution >= 0.6 is 0 Å². The number of hydrogen-bond donors (Lipinski definition) is 1. The second-order valence-corrected chi connectivity index (χ2v) is 6.52. The lowest BCUT2D eigenvalue weighted by molar-refractivity contribution is 0.0530. The average Bonchev–Trinajstić information content (AvgIpc) is 3.06. The number of hydrogen-bond acceptors (Lipinski definition) is 4. The standard InChI is InChI=1S/C23H19NO5/c1-2-28-23(27)21-18-11-10-17(13-20(18)24-12-4-3-5-19(21)24)29-14-15-6-8-16(9-7-15)22(25)26/h3-13H,2,14H2,1H3,(H,25,26). The van der Waals surface area contributed by atoms with Crippen LogP contribution in [0.1, 0.15) is 33.2 Å². The molecule has 0 saturated heterocycles. The first-order valence-corrected chi connectivity index (χ1v) is 9.23. The summed E-state index contributed by atoms with van der Waals surface area (Å²) in [6.07, 6.45) is 1.90. The molecule has 4 rings (SSSR count). The molecule has 6 nitrogen and oxygen atoms in total. The topological polar surface area (TPSA) is 77.2 Å². The highest BCUT2D eigenvalue weighted by Gasteiger charge is 2.19. The Kier molecular flexibility index (Phi) is 4.91. The number of fused-ring (bicyclic) bond motifs is 3. The zero-order valence-corrected chi connectivity index (χ0v) is 15.8. The van der Waals surface area contributed by atoms with Crippen molar-refractivity contribution in [3.8, 4) is 5.75 Å². The molecule has 6 heteroatoms. The summed E-state index contributed by atoms with van der Waals surface area (Å²) in [5, 5.41) is 9.78. The van der Waals surface area contributed by atoms with Gasteiger partial charge in [0.25, 0.3) is 0 Å². The first kappa shape index (κ1) is 18.6. The summed E-state index contributed by atoms with van der Waals surface area (Å²) < 4.78 is 13.1. The minimum absolute atomic E-state index is 0.237. The largest absolute Gasteiger partial charge is 0.489 e. The van der Waals surface area contributed by atoms with Gasteiger partial charge >= 0.3 is 11.9 Å². The number of carboxylic acid groups (broad SMARTS) is 1. The summed E-state index contributed by atoms with van der Waals surface area (Å²) in [5.74, 6) is -0.655. The average molecular weight is 389 g/mol. The Morgan fingerprint density at radius 3 is 2.52 bits per heavy atom. The van der Waals surface area contributed by atoms with E-state index in [4.69, 9.17) is 14.6 Å². The smallest absolute Gasteiger partial charge is 0.340 e. The first-order chi connectivity index (χ1) is 14.1. The van der Waals surface area contributed by atoms with E-state index in [0.717, 1.165) is 22.0 Å². The van der Waals surface area contributed by atoms with Crippen LogP contribution in [0.25, 0.3) is 16.4 Å². The SMILES string of the molecule is CCOC(=O)c1c2ccc(OCc3ccc(C(=O)O)cc3)cc2n2ccccc12. The van der Waals surface area contributed by atoms with Crippen LogP contribution < -0.4 is 4.74 Å². The van der Waals surface area contributed by atoms with Crippen molar-refractivity contribution in [1.29, 1.82) is 0 Å². The van der Waals surface area contributed by atoms with E-state index in [1.807, 2.05) is 47.0 Å². The van der Waals surface area contributed by atoms with E-state index in [0.29, 0.717) is 24.5 Å². The number of aromatic carboxylic acids is 1. The molecule has 146 valence electrons. The van der Waals surface area contributed by atoms with Crippen molar-refractivity contribution < 1.29 is 24.2 Å². The zero-order valence-electron chi connectivity index (χ0n) is 15.8. The number of aromatic nitrogens is 1. The minimum atomic E-state index is -0.958. The molecule has 0 radical (unpaired) electrons. The molecule has 0 saturated carbocycles. The van der Waals surface area contributed by atoms with Crippen molar-refractivity contribution in [2.75, 3.05) is 6.61 Å². The molecule has 0 aliphatic carbocycles. The maximum atomic E-state index is 12.5. The molecular weight excluding hydrogens is 370 g/mol. The van der Waals surface area contributed by atoms with Gasteiger partial charge in [0.15, 0.2) is 0 Å². The van der Waals surface area contributed by atoms with Gasteiger partial charge in [-0.3, -0.25) is 0 Å². The molecule has 0 fully saturated rings. The van der Waals surface area contributed by atoms with Crippen LogP contribution in [0.5, 0.6) is 5.75 Å². The molecule has 29 heavy (non-hydrogen) atoms. The van der Waals surface area contributed by atoms with E-state index in [1.54, 1.807) is 31.2 Å². The van der Waals surface area contributed by atoms with Crippen molar-refractivity contribution in [2.45, 2.75) is 13.5 Å². The van der Waals surface area contributed by atoms with Crippen molar-refractivity contribution in [3.05, 3.63) is 83.6 Å². The summed E-state index contributed by atoms with van der Waals surface area (Å²) in [7, 11) is 0. The Morgan fingerprint density at radius 1 is 1.00 bits per heavy atom. The van der Waals surface area contributed by atoms with Crippen LogP contribution in [0.2, 0.25) is 0 Å². The molecule has 0 amide bonds. The minimum Gasteiger partial charge on any atom is -0.489 e. The lowest BCUT2D eigenvalue weighted by Crippen LogP contribution is -2.04. The van der Waals surface area contributed by atoms with Crippen molar-refractivity contribution in [3.63, 3.8) is 0 Å². The lowest BCUT2D eigenvalue weighted by Gasteiger charge is -2.07. The summed E-state index contributed by atoms with van der Waals surface area (Å²) in [4.78, 5) is 23.4. The van der Waals surface area contributed by atoms with Gasteiger partial charge in [-0.15, -0.1) is 0 Å². The molecular formula is C23H19NO5. The first-order valence-electron chi connectivity index (χ1n) is 9.23. The number of carbonyl (C=O) groups is 2. The zero-order chi connectivity index (χ0) is 20.4. The third-order valence-electron chi connectivity index (χ3n) is 4.70. The highest BCUT2D eigenvalue weighted by molar-refractivity contribution is 6.11. The monoisotopic (exact) mass is 389 g/mol. The third kappa shape index (κ3) is 3.52. The molecule has 4 aromatic rings. The second kappa shape index (κ2) is 7.67. The van der Waals surface area contributed by atoms with Gasteiger partial charge in [-0.2, -0.15) is 0 Å². The van der Waals surface area contributed by atoms with Gasteiger partial charge in [-0.05, 0) is 48.9 Å². The number of carboxylic acids is 1. The summed E-state index contributed by atoms with van der Waals surface area (Å²) in [6.45, 7) is 2.40. The van der Waals surface area contributed by atoms with Gasteiger partial charge in [-0.25, -0.2) is 9.59 Å². The van der Waals surface area contributed by atoms with E-state index >= 15 is 0 Å². The van der Waals surface area contributed by atoms with E-state index in [2.05, 4.69) is 0 Å². The maximum absolute atomic E-state index is 12.5. The van der Waals surface area contributed by atoms with Crippen LogP contribution in [0.4, 0.5) is 0 Å². The van der Waals surface area contributed by atoms with Crippen LogP contribution in [-0.4, -0.2) is 28.1 Å². The van der Waals surface area contributed by atoms with E-state index in [1.165, 1.54) is 0 Å². The van der Waals surface area contributed by atoms with Crippen LogP contribution in [-0.2, 0) is 11.3 Å². The molecule has 0 atom stereocenters. The number of ether oxygens (including phenoxy) is 2. The molecule has 0 spiro atoms. The Bertz CT molecular complexity index is 1210. The molecule has 2 heterocycles. The van der Waals surface area contributed by atoms with Crippen molar-refractivity contribution in [1.82, 2.24) is 4.40 Å². The van der Waals surface area contributed by atoms with Gasteiger partial charge < -0.3 is 19.0 Å². The molecule has 1 N–H and O–H groups in total. The maximum Gasteiger partial charge on any atom is 0.340 e. The molecule has 0 aliphatic heterocycles. The van der Waals surface area contributed by atoms with Crippen molar-refractivity contribution >= 4 is 28.4 Å². The van der Waals surface area contributed by atoms with Gasteiger partial charge in [0, 0.05) is 17.6 Å². The van der Waals surface area contributed by atoms with Gasteiger partial charge in [0.2, 0.25) is 0 Å². The predicted molar refractivity (Wildman–Crippen MR) is 109 cm³/mol. The number of rotatable bonds is 6. The quantitative estimate of drug-likeness (QED) is 0.490. The molecule has 2 aromatic carbocycles. The Hall–Kier alpha value is -3.80. The Morgan fingerprint density at radius 2 is 1.79 bits per heavy atom. The van der Waals surface area contributed by atoms with Crippen LogP contribution in [0.15, 0.2) is 66.9 Å². The van der Waals surface area contributed by atoms with Gasteiger partial charge in [0.05, 0.1) is 28.8 Å². The van der Waals surface area contributed by atoms with E-state index < -0.39 is 5.97 Å². The summed E-state index contributed by atoms with van der Waals surface area (Å²) in [5.41, 5.74) is 3.27. The highest BCUT2D eigenvalue weighted by Crippen LogP contribution is 2.30. The third-order valence-corrected chi connectivity index (χ3v) is 4.70. The van der Waals surface area contributed by atoms with Crippen molar-refractivity contribution in [2.24, 2.45) is 0 Å². The number of pyridine rings is 1. The molecule has 2 aromatic heterocycles. The molecule has 0 unspecified atom stereocenters. The van der Waals surface area contributed by atoms with E-state index in [9.17, 15) is 9.59 Å². The normalized spacial score (nSPS) is 10.9. The van der Waals surface area contributed by atoms with Crippen LogP contribution in [0.3, 0.4) is 0 Å². The lowest BCUT2D eigenvalue weighted by atomic mass is 10.1. The number of nitrogens with zero attached hydrogens (tertiary/aromatic N) is 1. The van der Waals surface area contributed by atoms with Crippen LogP contribution in [0, 0.1) is 0 Å². The van der Waals surface area contributed by atoms with E-state index in [-0.39, 0.29) is 11.5 Å². The predicted octanol–water partition coefficient (Wildman–Crippen LogP) is 4.55. The number of esters is 1. The number of benzene rings is 2. The fourth-order valence-corrected chi connectivity index (χ4v) is 3.33. The van der Waals surface area contributed by atoms with Gasteiger partial charge in [0.1, 0.15) is 12.4 Å². The summed E-state index contributed by atoms with van der Waals surface area (Å²) >= 11 is 0. The fraction of sp³-hybridized carbons (Fsp3) is 0.130. The Labute approximate surface area is 166 Å². The number of carbonyl (C=O) groups excluding carboxylic acids is 1. The highest BCUT2D eigenvalue weighted by atomic mass is 16.5.